The van der Waals surface area contributed by atoms with E-state index in [2.05, 4.69) is 15.0 Å². The number of esters is 1. The van der Waals surface area contributed by atoms with Gasteiger partial charge >= 0.3 is 5.97 Å². The summed E-state index contributed by atoms with van der Waals surface area (Å²) in [6.45, 7) is -0.117. The summed E-state index contributed by atoms with van der Waals surface area (Å²) >= 11 is 11.8. The van der Waals surface area contributed by atoms with Crippen LogP contribution in [-0.4, -0.2) is 45.5 Å². The average molecular weight is 423 g/mol. The number of fused-ring (bicyclic) bond motifs is 1. The Kier molecular flexibility index (Phi) is 4.93. The van der Waals surface area contributed by atoms with Gasteiger partial charge in [0.15, 0.2) is 17.4 Å². The van der Waals surface area contributed by atoms with Crippen LogP contribution in [0.25, 0.3) is 17.0 Å². The zero-order chi connectivity index (χ0) is 19.7. The van der Waals surface area contributed by atoms with Gasteiger partial charge in [-0.1, -0.05) is 11.6 Å². The number of halogens is 2. The first kappa shape index (κ1) is 18.3. The zero-order valence-electron chi connectivity index (χ0n) is 14.3. The van der Waals surface area contributed by atoms with Crippen LogP contribution in [-0.2, 0) is 14.2 Å². The lowest BCUT2D eigenvalue weighted by Crippen LogP contribution is -2.20. The molecule has 3 aromatic rings. The zero-order valence-corrected chi connectivity index (χ0v) is 15.8. The Hall–Kier alpha value is -3.04. The van der Waals surface area contributed by atoms with E-state index in [1.807, 2.05) is 0 Å². The van der Waals surface area contributed by atoms with Gasteiger partial charge in [-0.2, -0.15) is 4.98 Å². The third kappa shape index (κ3) is 3.54. The Balaban J connectivity index is 1.40. The maximum atomic E-state index is 12.1. The van der Waals surface area contributed by atoms with E-state index in [0.29, 0.717) is 28.4 Å². The number of aromatic nitrogens is 4. The van der Waals surface area contributed by atoms with E-state index < -0.39 is 12.3 Å². The van der Waals surface area contributed by atoms with Crippen molar-refractivity contribution in [3.05, 3.63) is 52.9 Å². The average Bonchev–Trinajstić information content (AvgIpc) is 3.33. The van der Waals surface area contributed by atoms with Crippen molar-refractivity contribution in [3.63, 3.8) is 0 Å². The first-order chi connectivity index (χ1) is 13.5. The third-order valence-electron chi connectivity index (χ3n) is 3.81. The molecule has 9 nitrogen and oxygen atoms in total. The van der Waals surface area contributed by atoms with E-state index >= 15 is 0 Å². The van der Waals surface area contributed by atoms with Gasteiger partial charge in [-0.15, -0.1) is 0 Å². The predicted molar refractivity (Wildman–Crippen MR) is 98.9 cm³/mol. The van der Waals surface area contributed by atoms with Gasteiger partial charge in [-0.3, -0.25) is 4.57 Å². The number of nitrogens with zero attached hydrogens (tertiary/aromatic N) is 4. The van der Waals surface area contributed by atoms with Crippen molar-refractivity contribution in [1.82, 2.24) is 19.5 Å². The van der Waals surface area contributed by atoms with Gasteiger partial charge in [0.2, 0.25) is 11.2 Å². The lowest BCUT2D eigenvalue weighted by atomic mass is 10.2. The molecule has 0 spiro atoms. The van der Waals surface area contributed by atoms with Crippen LogP contribution < -0.4 is 4.74 Å². The topological polar surface area (TPSA) is 97.6 Å². The van der Waals surface area contributed by atoms with Crippen molar-refractivity contribution >= 4 is 46.2 Å². The van der Waals surface area contributed by atoms with E-state index in [-0.39, 0.29) is 17.0 Å². The Morgan fingerprint density at radius 1 is 1.25 bits per heavy atom. The molecule has 144 valence electrons. The van der Waals surface area contributed by atoms with Crippen molar-refractivity contribution in [2.24, 2.45) is 0 Å². The van der Waals surface area contributed by atoms with Gasteiger partial charge in [-0.25, -0.2) is 14.8 Å². The fourth-order valence-electron chi connectivity index (χ4n) is 2.47. The highest BCUT2D eigenvalue weighted by Gasteiger charge is 2.25. The van der Waals surface area contributed by atoms with E-state index in [9.17, 15) is 4.79 Å². The Bertz CT molecular complexity index is 1070. The van der Waals surface area contributed by atoms with Crippen molar-refractivity contribution in [1.29, 1.82) is 0 Å². The molecule has 0 saturated carbocycles. The summed E-state index contributed by atoms with van der Waals surface area (Å²) in [6, 6.07) is 6.54. The second-order valence-corrected chi connectivity index (χ2v) is 6.23. The third-order valence-corrected chi connectivity index (χ3v) is 4.25. The van der Waals surface area contributed by atoms with E-state index in [0.717, 1.165) is 0 Å². The molecule has 1 aliphatic rings. The molecule has 0 amide bonds. The number of carbonyl (C=O) groups is 1. The number of ether oxygens (including phenoxy) is 4. The minimum absolute atomic E-state index is 0.0243. The summed E-state index contributed by atoms with van der Waals surface area (Å²) in [6.07, 6.45) is 1.99. The smallest absolute Gasteiger partial charge is 0.338 e. The van der Waals surface area contributed by atoms with Crippen LogP contribution in [0.2, 0.25) is 10.4 Å². The molecular formula is C17H12Cl2N4O5. The van der Waals surface area contributed by atoms with Crippen LogP contribution in [0.3, 0.4) is 0 Å². The standard InChI is InChI=1S/C17H12Cl2N4O5/c1-25-10-4-2-9(3-5-10)16(24)27-7-12-26-6-11(28-12)23-8-20-13-14(18)21-17(19)22-15(13)23/h2-6,8,12H,7H2,1H3/t12-/m1/s1. The van der Waals surface area contributed by atoms with Crippen molar-refractivity contribution in [2.75, 3.05) is 13.7 Å². The Morgan fingerprint density at radius 2 is 2.04 bits per heavy atom. The van der Waals surface area contributed by atoms with Crippen LogP contribution in [0.15, 0.2) is 36.9 Å². The second kappa shape index (κ2) is 7.53. The highest BCUT2D eigenvalue weighted by molar-refractivity contribution is 6.35. The summed E-state index contributed by atoms with van der Waals surface area (Å²) in [4.78, 5) is 24.2. The van der Waals surface area contributed by atoms with Crippen molar-refractivity contribution < 1.29 is 23.7 Å². The molecule has 0 unspecified atom stereocenters. The maximum Gasteiger partial charge on any atom is 0.338 e. The highest BCUT2D eigenvalue weighted by Crippen LogP contribution is 2.26. The van der Waals surface area contributed by atoms with Crippen LogP contribution in [0.5, 0.6) is 5.75 Å². The molecule has 0 saturated heterocycles. The first-order valence-electron chi connectivity index (χ1n) is 7.95. The summed E-state index contributed by atoms with van der Waals surface area (Å²) in [7, 11) is 1.55. The summed E-state index contributed by atoms with van der Waals surface area (Å²) in [5, 5.41) is 0.0990. The van der Waals surface area contributed by atoms with Crippen molar-refractivity contribution in [3.8, 4) is 5.75 Å². The number of hydrogen-bond donors (Lipinski definition) is 0. The first-order valence-corrected chi connectivity index (χ1v) is 8.70. The Labute approximate surface area is 168 Å². The molecule has 2 aromatic heterocycles. The molecule has 3 heterocycles. The quantitative estimate of drug-likeness (QED) is 0.351. The lowest BCUT2D eigenvalue weighted by molar-refractivity contribution is -0.0638. The minimum Gasteiger partial charge on any atom is -0.497 e. The van der Waals surface area contributed by atoms with Crippen LogP contribution in [0.4, 0.5) is 0 Å². The van der Waals surface area contributed by atoms with Gasteiger partial charge < -0.3 is 18.9 Å². The fourth-order valence-corrected chi connectivity index (χ4v) is 2.89. The fraction of sp³-hybridized carbons (Fsp3) is 0.176. The maximum absolute atomic E-state index is 12.1. The monoisotopic (exact) mass is 422 g/mol. The molecule has 1 aromatic carbocycles. The molecular weight excluding hydrogens is 411 g/mol. The largest absolute Gasteiger partial charge is 0.497 e. The number of benzene rings is 1. The van der Waals surface area contributed by atoms with E-state index in [1.54, 1.807) is 31.4 Å². The van der Waals surface area contributed by atoms with Gasteiger partial charge in [0.25, 0.3) is 6.29 Å². The van der Waals surface area contributed by atoms with Crippen LogP contribution >= 0.6 is 23.2 Å². The summed E-state index contributed by atoms with van der Waals surface area (Å²) in [5.41, 5.74) is 1.11. The molecule has 1 atom stereocenters. The van der Waals surface area contributed by atoms with Gasteiger partial charge in [0.1, 0.15) is 23.9 Å². The predicted octanol–water partition coefficient (Wildman–Crippen LogP) is 3.13. The summed E-state index contributed by atoms with van der Waals surface area (Å²) < 4.78 is 22.8. The normalized spacial score (nSPS) is 15.7. The van der Waals surface area contributed by atoms with Gasteiger partial charge in [-0.05, 0) is 35.9 Å². The molecule has 0 radical (unpaired) electrons. The molecule has 0 aliphatic carbocycles. The molecule has 0 N–H and O–H groups in total. The molecule has 4 rings (SSSR count). The van der Waals surface area contributed by atoms with Crippen LogP contribution in [0, 0.1) is 0 Å². The number of carbonyl (C=O) groups excluding carboxylic acids is 1. The highest BCUT2D eigenvalue weighted by atomic mass is 35.5. The number of methoxy groups -OCH3 is 1. The molecule has 0 bridgehead atoms. The van der Waals surface area contributed by atoms with E-state index in [4.69, 9.17) is 42.1 Å². The van der Waals surface area contributed by atoms with Crippen LogP contribution in [0.1, 0.15) is 10.4 Å². The number of imidazole rings is 1. The lowest BCUT2D eigenvalue weighted by Gasteiger charge is -2.12. The van der Waals surface area contributed by atoms with Gasteiger partial charge in [0.05, 0.1) is 12.7 Å². The molecule has 0 fully saturated rings. The Morgan fingerprint density at radius 3 is 2.79 bits per heavy atom. The SMILES string of the molecule is COc1ccc(C(=O)OC[C@@H]2OC=C(n3cnc4c(Cl)nc(Cl)nc43)O2)cc1. The minimum atomic E-state index is -0.817. The van der Waals surface area contributed by atoms with E-state index in [1.165, 1.54) is 17.2 Å². The summed E-state index contributed by atoms with van der Waals surface area (Å²) in [5.74, 6) is 0.422. The molecule has 11 heteroatoms. The number of hydrogen-bond acceptors (Lipinski definition) is 8. The van der Waals surface area contributed by atoms with Gasteiger partial charge in [0, 0.05) is 0 Å². The number of rotatable bonds is 5. The second-order valence-electron chi connectivity index (χ2n) is 5.54. The van der Waals surface area contributed by atoms with Crippen molar-refractivity contribution in [2.45, 2.75) is 6.29 Å². The molecule has 28 heavy (non-hydrogen) atoms. The molecule has 1 aliphatic heterocycles.